The lowest BCUT2D eigenvalue weighted by atomic mass is 9.83. The van der Waals surface area contributed by atoms with Crippen LogP contribution in [0.5, 0.6) is 11.5 Å². The highest BCUT2D eigenvalue weighted by molar-refractivity contribution is 7.92. The predicted molar refractivity (Wildman–Crippen MR) is 300 cm³/mol. The van der Waals surface area contributed by atoms with E-state index in [1.807, 2.05) is 75.4 Å². The van der Waals surface area contributed by atoms with Gasteiger partial charge in [-0.2, -0.15) is 0 Å². The number of sulfone groups is 1. The molecule has 4 atom stereocenters. The first-order chi connectivity index (χ1) is 36.8. The molecule has 4 N–H and O–H groups in total. The van der Waals surface area contributed by atoms with Crippen LogP contribution in [0.25, 0.3) is 21.1 Å². The standard InChI is InChI=1S/C58H73N7O10S2/c1-37(59-8)54(66)64-53(57(2,3)4)56(68)65-35-40-30-42(18-16-39(40)31-49(65)55(67)63-45-15-11-13-38-12-9-10-14-43(38)45)74-28-26-72-24-22-71-23-25-73-27-29-75-50-34-47-44(33-52(50)77(69,70)58(5,6)7)46(20-21-60-47)62-41-17-19-51-48(32-41)61-36-76-51/h9-10,12,14,16-21,30,32-34,36-37,45,49,53,59H,11,13,15,22-29,31,35H2,1-8H3,(H,60,62)(H,63,67)(H,64,66)/t37-,45+,49?,53+/m0/s1. The number of fused-ring (bicyclic) bond motifs is 4. The molecule has 412 valence electrons. The lowest BCUT2D eigenvalue weighted by molar-refractivity contribution is -0.147. The number of carbonyl (C=O) groups excluding carboxylic acids is 3. The lowest BCUT2D eigenvalue weighted by Crippen LogP contribution is -2.62. The second kappa shape index (κ2) is 25.1. The summed E-state index contributed by atoms with van der Waals surface area (Å²) in [7, 11) is -2.13. The first-order valence-electron chi connectivity index (χ1n) is 26.4. The van der Waals surface area contributed by atoms with Gasteiger partial charge in [0.1, 0.15) is 41.7 Å². The summed E-state index contributed by atoms with van der Waals surface area (Å²) < 4.78 is 57.3. The number of hydrogen-bond donors (Lipinski definition) is 4. The van der Waals surface area contributed by atoms with E-state index in [1.54, 1.807) is 74.8 Å². The summed E-state index contributed by atoms with van der Waals surface area (Å²) in [5, 5.41) is 13.3. The minimum atomic E-state index is -3.83. The fraction of sp³-hybridized carbons (Fsp3) is 0.466. The number of thiazole rings is 1. The zero-order chi connectivity index (χ0) is 54.9. The Hall–Kier alpha value is -6.22. The van der Waals surface area contributed by atoms with Gasteiger partial charge in [0.15, 0.2) is 9.84 Å². The van der Waals surface area contributed by atoms with Gasteiger partial charge in [-0.15, -0.1) is 11.3 Å². The summed E-state index contributed by atoms with van der Waals surface area (Å²) in [4.78, 5) is 52.9. The van der Waals surface area contributed by atoms with Crippen LogP contribution < -0.4 is 30.7 Å². The number of carbonyl (C=O) groups is 3. The number of hydrogen-bond acceptors (Lipinski definition) is 15. The number of rotatable bonds is 23. The highest BCUT2D eigenvalue weighted by atomic mass is 32.2. The Kier molecular flexibility index (Phi) is 18.5. The van der Waals surface area contributed by atoms with Crippen molar-refractivity contribution in [3.63, 3.8) is 0 Å². The molecule has 3 amide bonds. The monoisotopic (exact) mass is 1090 g/mol. The van der Waals surface area contributed by atoms with Crippen molar-refractivity contribution in [2.45, 2.75) is 115 Å². The molecule has 0 fully saturated rings. The number of amides is 3. The second-order valence-corrected chi connectivity index (χ2v) is 25.1. The maximum atomic E-state index is 14.7. The van der Waals surface area contributed by atoms with Gasteiger partial charge in [-0.25, -0.2) is 13.4 Å². The Bertz CT molecular complexity index is 3150. The molecule has 4 aromatic carbocycles. The van der Waals surface area contributed by atoms with E-state index < -0.39 is 38.1 Å². The molecular weight excluding hydrogens is 1020 g/mol. The molecule has 2 aromatic heterocycles. The maximum absolute atomic E-state index is 14.7. The number of nitrogens with one attached hydrogen (secondary N) is 4. The summed E-state index contributed by atoms with van der Waals surface area (Å²) in [5.41, 5.74) is 8.26. The fourth-order valence-corrected chi connectivity index (χ4v) is 11.5. The van der Waals surface area contributed by atoms with Crippen LogP contribution in [0.1, 0.15) is 89.6 Å². The molecular formula is C58H73N7O10S2. The van der Waals surface area contributed by atoms with Crippen molar-refractivity contribution >= 4 is 71.4 Å². The molecule has 19 heteroatoms. The third-order valence-corrected chi connectivity index (χ3v) is 17.4. The first kappa shape index (κ1) is 57.0. The topological polar surface area (TPSA) is 209 Å². The maximum Gasteiger partial charge on any atom is 0.246 e. The van der Waals surface area contributed by atoms with Crippen LogP contribution in [0.15, 0.2) is 95.5 Å². The zero-order valence-corrected chi connectivity index (χ0v) is 47.0. The summed E-state index contributed by atoms with van der Waals surface area (Å²) in [5.74, 6) is -0.0348. The van der Waals surface area contributed by atoms with Crippen LogP contribution >= 0.6 is 11.3 Å². The van der Waals surface area contributed by atoms with E-state index in [9.17, 15) is 22.8 Å². The second-order valence-electron chi connectivity index (χ2n) is 21.6. The molecule has 0 spiro atoms. The molecule has 0 bridgehead atoms. The molecule has 17 nitrogen and oxygen atoms in total. The van der Waals surface area contributed by atoms with Gasteiger partial charge in [0.05, 0.1) is 77.7 Å². The van der Waals surface area contributed by atoms with Crippen LogP contribution in [0.3, 0.4) is 0 Å². The first-order valence-corrected chi connectivity index (χ1v) is 28.7. The van der Waals surface area contributed by atoms with Crippen LogP contribution in [0.2, 0.25) is 0 Å². The van der Waals surface area contributed by atoms with Crippen molar-refractivity contribution in [2.24, 2.45) is 5.41 Å². The highest BCUT2D eigenvalue weighted by Gasteiger charge is 2.43. The van der Waals surface area contributed by atoms with Crippen LogP contribution in [-0.2, 0) is 57.8 Å². The summed E-state index contributed by atoms with van der Waals surface area (Å²) in [6.07, 6.45) is 4.71. The fourth-order valence-electron chi connectivity index (χ4n) is 9.48. The number of benzene rings is 4. The molecule has 8 rings (SSSR count). The summed E-state index contributed by atoms with van der Waals surface area (Å²) in [6.45, 7) is 14.8. The molecule has 3 heterocycles. The van der Waals surface area contributed by atoms with Gasteiger partial charge >= 0.3 is 0 Å². The minimum Gasteiger partial charge on any atom is -0.491 e. The Labute approximate surface area is 456 Å². The van der Waals surface area contributed by atoms with Gasteiger partial charge in [-0.1, -0.05) is 51.1 Å². The van der Waals surface area contributed by atoms with E-state index >= 15 is 0 Å². The highest BCUT2D eigenvalue weighted by Crippen LogP contribution is 2.39. The Balaban J connectivity index is 0.795. The third-order valence-electron chi connectivity index (χ3n) is 14.0. The van der Waals surface area contributed by atoms with Crippen molar-refractivity contribution in [1.29, 1.82) is 0 Å². The molecule has 77 heavy (non-hydrogen) atoms. The van der Waals surface area contributed by atoms with Crippen LogP contribution in [0.4, 0.5) is 11.4 Å². The number of ether oxygens (including phenoxy) is 5. The Morgan fingerprint density at radius 1 is 0.792 bits per heavy atom. The molecule has 1 aliphatic heterocycles. The van der Waals surface area contributed by atoms with Gasteiger partial charge in [-0.05, 0) is 124 Å². The van der Waals surface area contributed by atoms with Gasteiger partial charge in [0, 0.05) is 42.0 Å². The van der Waals surface area contributed by atoms with E-state index in [0.29, 0.717) is 61.8 Å². The average Bonchev–Trinajstić information content (AvgIpc) is 3.90. The van der Waals surface area contributed by atoms with E-state index in [4.69, 9.17) is 23.7 Å². The number of aromatic nitrogens is 2. The zero-order valence-electron chi connectivity index (χ0n) is 45.4. The summed E-state index contributed by atoms with van der Waals surface area (Å²) in [6, 6.07) is 22.6. The Morgan fingerprint density at radius 3 is 2.22 bits per heavy atom. The predicted octanol–water partition coefficient (Wildman–Crippen LogP) is 8.25. The number of likely N-dealkylation sites (N-methyl/N-ethyl adjacent to an activating group) is 1. The molecule has 0 saturated carbocycles. The van der Waals surface area contributed by atoms with Gasteiger partial charge in [0.2, 0.25) is 17.7 Å². The van der Waals surface area contributed by atoms with Crippen molar-refractivity contribution in [3.8, 4) is 11.5 Å². The third kappa shape index (κ3) is 13.9. The smallest absolute Gasteiger partial charge is 0.246 e. The van der Waals surface area contributed by atoms with Gasteiger partial charge < -0.3 is 49.9 Å². The molecule has 1 aliphatic carbocycles. The van der Waals surface area contributed by atoms with Crippen molar-refractivity contribution < 1.29 is 46.5 Å². The van der Waals surface area contributed by atoms with E-state index in [2.05, 4.69) is 43.4 Å². The Morgan fingerprint density at radius 2 is 1.51 bits per heavy atom. The largest absolute Gasteiger partial charge is 0.491 e. The van der Waals surface area contributed by atoms with E-state index in [-0.39, 0.29) is 60.8 Å². The quantitative estimate of drug-likeness (QED) is 0.0446. The van der Waals surface area contributed by atoms with Crippen molar-refractivity contribution in [3.05, 3.63) is 113 Å². The van der Waals surface area contributed by atoms with E-state index in [1.165, 1.54) is 5.56 Å². The van der Waals surface area contributed by atoms with Gasteiger partial charge in [0.25, 0.3) is 0 Å². The van der Waals surface area contributed by atoms with Crippen LogP contribution in [-0.4, -0.2) is 124 Å². The summed E-state index contributed by atoms with van der Waals surface area (Å²) >= 11 is 1.56. The molecule has 0 radical (unpaired) electrons. The molecule has 6 aromatic rings. The number of pyridine rings is 1. The van der Waals surface area contributed by atoms with Crippen molar-refractivity contribution in [2.75, 3.05) is 65.2 Å². The van der Waals surface area contributed by atoms with Gasteiger partial charge in [-0.3, -0.25) is 19.4 Å². The van der Waals surface area contributed by atoms with Crippen molar-refractivity contribution in [1.82, 2.24) is 30.8 Å². The normalized spacial score (nSPS) is 16.5. The minimum absolute atomic E-state index is 0.0750. The lowest BCUT2D eigenvalue weighted by Gasteiger charge is -2.41. The average molecular weight is 1090 g/mol. The number of anilines is 2. The molecule has 2 aliphatic rings. The van der Waals surface area contributed by atoms with Crippen LogP contribution in [0, 0.1) is 5.41 Å². The number of aryl methyl sites for hydroxylation is 1. The van der Waals surface area contributed by atoms with E-state index in [0.717, 1.165) is 51.9 Å². The molecule has 1 unspecified atom stereocenters. The SMILES string of the molecule is CN[C@@H](C)C(=O)N[C@H](C(=O)N1Cc2cc(OCCOCCOCCOCCOc3cc4nccc(Nc5ccc6scnc6c5)c4cc3S(=O)(=O)C(C)(C)C)ccc2CC1C(=O)N[C@@H]1CCCc2ccccc21)C(C)(C)C. The number of nitrogens with zero attached hydrogens (tertiary/aromatic N) is 3. The molecule has 0 saturated heterocycles.